The summed E-state index contributed by atoms with van der Waals surface area (Å²) >= 11 is 5.31. The number of aryl methyl sites for hydroxylation is 1. The molecule has 12 heavy (non-hydrogen) atoms. The first kappa shape index (κ1) is 9.32. The van der Waals surface area contributed by atoms with Gasteiger partial charge in [0.15, 0.2) is 0 Å². The molecule has 66 valence electrons. The van der Waals surface area contributed by atoms with Crippen molar-refractivity contribution in [3.8, 4) is 0 Å². The maximum Gasteiger partial charge on any atom is 0.281 e. The van der Waals surface area contributed by atoms with E-state index >= 15 is 0 Å². The zero-order chi connectivity index (χ0) is 9.30. The molecule has 0 aliphatic heterocycles. The smallest absolute Gasteiger partial charge is 0.248 e. The lowest BCUT2D eigenvalue weighted by Crippen LogP contribution is -1.96. The number of pyridine rings is 1. The molecule has 0 aliphatic rings. The third-order valence-electron chi connectivity index (χ3n) is 1.34. The summed E-state index contributed by atoms with van der Waals surface area (Å²) in [6.07, 6.45) is -2.77. The van der Waals surface area contributed by atoms with Crippen LogP contribution < -0.4 is 0 Å². The minimum Gasteiger partial charge on any atom is -0.248 e. The van der Waals surface area contributed by atoms with Gasteiger partial charge in [0, 0.05) is 0 Å². The summed E-state index contributed by atoms with van der Waals surface area (Å²) in [6, 6.07) is 0.839. The van der Waals surface area contributed by atoms with Crippen LogP contribution in [0.4, 0.5) is 13.2 Å². The van der Waals surface area contributed by atoms with Crippen LogP contribution in [-0.2, 0) is 0 Å². The average molecular weight is 196 g/mol. The molecule has 0 unspecified atom stereocenters. The second-order valence-electron chi connectivity index (χ2n) is 2.22. The van der Waals surface area contributed by atoms with Gasteiger partial charge in [0.05, 0.1) is 10.7 Å². The van der Waals surface area contributed by atoms with Gasteiger partial charge in [-0.05, 0) is 13.0 Å². The van der Waals surface area contributed by atoms with Gasteiger partial charge in [0.2, 0.25) is 0 Å². The molecule has 1 aromatic heterocycles. The van der Waals surface area contributed by atoms with Crippen molar-refractivity contribution in [1.29, 1.82) is 0 Å². The van der Waals surface area contributed by atoms with Gasteiger partial charge >= 0.3 is 0 Å². The van der Waals surface area contributed by atoms with Crippen LogP contribution >= 0.6 is 11.6 Å². The van der Waals surface area contributed by atoms with Gasteiger partial charge < -0.3 is 0 Å². The minimum atomic E-state index is -2.77. The predicted molar refractivity (Wildman–Crippen MR) is 38.9 cm³/mol. The highest BCUT2D eigenvalue weighted by Crippen LogP contribution is 2.26. The lowest BCUT2D eigenvalue weighted by atomic mass is 10.3. The molecule has 0 saturated heterocycles. The molecule has 0 atom stereocenters. The van der Waals surface area contributed by atoms with Crippen molar-refractivity contribution < 1.29 is 13.2 Å². The molecule has 0 aliphatic carbocycles. The summed E-state index contributed by atoms with van der Waals surface area (Å²) in [5.74, 6) is -0.676. The Labute approximate surface area is 72.2 Å². The Bertz CT molecular complexity index is 301. The molecule has 0 aromatic carbocycles. The summed E-state index contributed by atoms with van der Waals surface area (Å²) in [4.78, 5) is 3.31. The third-order valence-corrected chi connectivity index (χ3v) is 1.64. The predicted octanol–water partition coefficient (Wildman–Crippen LogP) is 3.12. The maximum absolute atomic E-state index is 12.6. The second kappa shape index (κ2) is 3.31. The zero-order valence-electron chi connectivity index (χ0n) is 6.11. The Morgan fingerprint density at radius 1 is 1.50 bits per heavy atom. The van der Waals surface area contributed by atoms with E-state index in [1.54, 1.807) is 0 Å². The summed E-state index contributed by atoms with van der Waals surface area (Å²) in [6.45, 7) is 1.30. The van der Waals surface area contributed by atoms with E-state index in [9.17, 15) is 13.2 Å². The summed E-state index contributed by atoms with van der Waals surface area (Å²) < 4.78 is 36.8. The van der Waals surface area contributed by atoms with E-state index < -0.39 is 17.9 Å². The van der Waals surface area contributed by atoms with Crippen molar-refractivity contribution >= 4 is 11.6 Å². The Morgan fingerprint density at radius 3 is 2.58 bits per heavy atom. The molecule has 0 fully saturated rings. The van der Waals surface area contributed by atoms with E-state index in [1.807, 2.05) is 0 Å². The normalized spacial score (nSPS) is 10.8. The molecule has 0 amide bonds. The molecule has 0 bridgehead atoms. The van der Waals surface area contributed by atoms with E-state index in [-0.39, 0.29) is 10.7 Å². The largest absolute Gasteiger partial charge is 0.281 e. The molecule has 0 saturated carbocycles. The van der Waals surface area contributed by atoms with Gasteiger partial charge in [0.25, 0.3) is 6.43 Å². The molecule has 1 heterocycles. The van der Waals surface area contributed by atoms with Crippen LogP contribution in [0.2, 0.25) is 5.02 Å². The SMILES string of the molecule is Cc1nc(C(F)F)c(Cl)cc1F. The number of hydrogen-bond donors (Lipinski definition) is 0. The van der Waals surface area contributed by atoms with Crippen LogP contribution in [0, 0.1) is 12.7 Å². The standard InChI is InChI=1S/C7H5ClF3N/c1-3-5(9)2-4(8)6(12-3)7(10)11/h2,7H,1H3. The van der Waals surface area contributed by atoms with Crippen molar-refractivity contribution in [2.75, 3.05) is 0 Å². The van der Waals surface area contributed by atoms with Crippen LogP contribution in [0.1, 0.15) is 17.8 Å². The average Bonchev–Trinajstić information content (AvgIpc) is 1.96. The number of nitrogens with zero attached hydrogens (tertiary/aromatic N) is 1. The van der Waals surface area contributed by atoms with E-state index in [0.29, 0.717) is 0 Å². The van der Waals surface area contributed by atoms with Gasteiger partial charge in [0.1, 0.15) is 11.5 Å². The van der Waals surface area contributed by atoms with Crippen molar-refractivity contribution in [2.24, 2.45) is 0 Å². The minimum absolute atomic E-state index is 0.0744. The van der Waals surface area contributed by atoms with Crippen molar-refractivity contribution in [2.45, 2.75) is 13.3 Å². The van der Waals surface area contributed by atoms with Crippen LogP contribution in [0.3, 0.4) is 0 Å². The molecular weight excluding hydrogens is 191 g/mol. The molecule has 0 radical (unpaired) electrons. The fourth-order valence-electron chi connectivity index (χ4n) is 0.730. The van der Waals surface area contributed by atoms with Crippen molar-refractivity contribution in [1.82, 2.24) is 4.98 Å². The van der Waals surface area contributed by atoms with Crippen LogP contribution in [0.5, 0.6) is 0 Å². The van der Waals surface area contributed by atoms with Crippen LogP contribution in [-0.4, -0.2) is 4.98 Å². The first-order valence-electron chi connectivity index (χ1n) is 3.13. The molecule has 1 aromatic rings. The number of hydrogen-bond acceptors (Lipinski definition) is 1. The van der Waals surface area contributed by atoms with Gasteiger partial charge in [-0.3, -0.25) is 0 Å². The van der Waals surface area contributed by atoms with Crippen molar-refractivity contribution in [3.63, 3.8) is 0 Å². The monoisotopic (exact) mass is 195 g/mol. The van der Waals surface area contributed by atoms with Gasteiger partial charge in [-0.15, -0.1) is 0 Å². The van der Waals surface area contributed by atoms with E-state index in [1.165, 1.54) is 6.92 Å². The number of aromatic nitrogens is 1. The second-order valence-corrected chi connectivity index (χ2v) is 2.63. The molecule has 5 heteroatoms. The lowest BCUT2D eigenvalue weighted by Gasteiger charge is -2.03. The molecule has 1 nitrogen and oxygen atoms in total. The summed E-state index contributed by atoms with van der Waals surface area (Å²) in [5, 5.41) is -0.340. The van der Waals surface area contributed by atoms with Gasteiger partial charge in [-0.1, -0.05) is 11.6 Å². The highest BCUT2D eigenvalue weighted by atomic mass is 35.5. The Hall–Kier alpha value is -0.770. The number of halogens is 4. The van der Waals surface area contributed by atoms with Crippen LogP contribution in [0.25, 0.3) is 0 Å². The number of rotatable bonds is 1. The topological polar surface area (TPSA) is 12.9 Å². The molecule has 0 spiro atoms. The Balaban J connectivity index is 3.23. The summed E-state index contributed by atoms with van der Waals surface area (Å²) in [7, 11) is 0. The quantitative estimate of drug-likeness (QED) is 0.671. The van der Waals surface area contributed by atoms with Crippen molar-refractivity contribution in [3.05, 3.63) is 28.3 Å². The van der Waals surface area contributed by atoms with Gasteiger partial charge in [-0.25, -0.2) is 18.2 Å². The third kappa shape index (κ3) is 1.69. The maximum atomic E-state index is 12.6. The highest BCUT2D eigenvalue weighted by Gasteiger charge is 2.15. The first-order chi connectivity index (χ1) is 5.52. The van der Waals surface area contributed by atoms with Gasteiger partial charge in [-0.2, -0.15) is 0 Å². The Kier molecular flexibility index (Phi) is 2.57. The fraction of sp³-hybridized carbons (Fsp3) is 0.286. The fourth-order valence-corrected chi connectivity index (χ4v) is 0.951. The number of alkyl halides is 2. The Morgan fingerprint density at radius 2 is 2.08 bits per heavy atom. The highest BCUT2D eigenvalue weighted by molar-refractivity contribution is 6.31. The van der Waals surface area contributed by atoms with E-state index in [2.05, 4.69) is 4.98 Å². The van der Waals surface area contributed by atoms with E-state index in [0.717, 1.165) is 6.07 Å². The van der Waals surface area contributed by atoms with E-state index in [4.69, 9.17) is 11.6 Å². The van der Waals surface area contributed by atoms with Crippen LogP contribution in [0.15, 0.2) is 6.07 Å². The zero-order valence-corrected chi connectivity index (χ0v) is 6.87. The molecule has 1 rings (SSSR count). The molecular formula is C7H5ClF3N. The summed E-state index contributed by atoms with van der Waals surface area (Å²) in [5.41, 5.74) is -0.648. The molecule has 0 N–H and O–H groups in total. The lowest BCUT2D eigenvalue weighted by molar-refractivity contribution is 0.146. The first-order valence-corrected chi connectivity index (χ1v) is 3.51.